The number of rotatable bonds is 5. The summed E-state index contributed by atoms with van der Waals surface area (Å²) in [5, 5.41) is 5.51. The van der Waals surface area contributed by atoms with Crippen molar-refractivity contribution in [1.82, 2.24) is 9.97 Å². The Labute approximate surface area is 104 Å². The van der Waals surface area contributed by atoms with Gasteiger partial charge in [0.15, 0.2) is 0 Å². The van der Waals surface area contributed by atoms with Crippen LogP contribution in [0.5, 0.6) is 0 Å². The van der Waals surface area contributed by atoms with E-state index in [0.717, 1.165) is 24.3 Å². The van der Waals surface area contributed by atoms with Crippen LogP contribution in [-0.2, 0) is 0 Å². The summed E-state index contributed by atoms with van der Waals surface area (Å²) >= 11 is 3.59. The second-order valence-electron chi connectivity index (χ2n) is 3.59. The molecule has 0 unspecified atom stereocenters. The molecule has 0 aliphatic carbocycles. The minimum Gasteiger partial charge on any atom is -0.369 e. The summed E-state index contributed by atoms with van der Waals surface area (Å²) in [6.45, 7) is 3.06. The van der Waals surface area contributed by atoms with Crippen molar-refractivity contribution in [3.05, 3.63) is 17.3 Å². The quantitative estimate of drug-likeness (QED) is 0.831. The molecule has 0 spiro atoms. The van der Waals surface area contributed by atoms with Crippen LogP contribution in [0.4, 0.5) is 5.82 Å². The number of anilines is 1. The molecule has 0 atom stereocenters. The van der Waals surface area contributed by atoms with Gasteiger partial charge >= 0.3 is 0 Å². The second kappa shape index (κ2) is 5.50. The Hall–Kier alpha value is -0.810. The molecule has 3 nitrogen and oxygen atoms in total. The average molecular weight is 253 g/mol. The lowest BCUT2D eigenvalue weighted by Gasteiger charge is -2.05. The van der Waals surface area contributed by atoms with Crippen LogP contribution in [0.25, 0.3) is 10.2 Å². The van der Waals surface area contributed by atoms with Crippen molar-refractivity contribution < 1.29 is 0 Å². The molecule has 0 fully saturated rings. The van der Waals surface area contributed by atoms with E-state index < -0.39 is 0 Å². The number of aryl methyl sites for hydroxylation is 1. The topological polar surface area (TPSA) is 37.8 Å². The molecule has 2 rings (SSSR count). The molecular weight excluding hydrogens is 238 g/mol. The third-order valence-electron chi connectivity index (χ3n) is 2.35. The summed E-state index contributed by atoms with van der Waals surface area (Å²) in [5.74, 6) is 2.16. The molecule has 16 heavy (non-hydrogen) atoms. The lowest BCUT2D eigenvalue weighted by molar-refractivity contribution is 0.983. The first-order valence-corrected chi connectivity index (χ1v) is 7.52. The van der Waals surface area contributed by atoms with Gasteiger partial charge in [0.1, 0.15) is 12.1 Å². The van der Waals surface area contributed by atoms with Crippen molar-refractivity contribution in [1.29, 1.82) is 0 Å². The second-order valence-corrected chi connectivity index (χ2v) is 5.46. The van der Waals surface area contributed by atoms with Crippen molar-refractivity contribution >= 4 is 39.1 Å². The van der Waals surface area contributed by atoms with Gasteiger partial charge in [-0.1, -0.05) is 0 Å². The molecular formula is C11H15N3S2. The predicted octanol–water partition coefficient (Wildman–Crippen LogP) is 3.16. The van der Waals surface area contributed by atoms with Crippen molar-refractivity contribution in [2.45, 2.75) is 13.3 Å². The first kappa shape index (κ1) is 11.7. The molecule has 2 aromatic heterocycles. The van der Waals surface area contributed by atoms with Gasteiger partial charge < -0.3 is 5.32 Å². The van der Waals surface area contributed by atoms with E-state index in [9.17, 15) is 0 Å². The van der Waals surface area contributed by atoms with Crippen LogP contribution in [0.15, 0.2) is 11.7 Å². The largest absolute Gasteiger partial charge is 0.369 e. The highest BCUT2D eigenvalue weighted by molar-refractivity contribution is 7.98. The monoisotopic (exact) mass is 253 g/mol. The molecule has 1 N–H and O–H groups in total. The van der Waals surface area contributed by atoms with Gasteiger partial charge in [-0.05, 0) is 36.3 Å². The lowest BCUT2D eigenvalue weighted by Crippen LogP contribution is -2.04. The number of thioether (sulfide) groups is 1. The molecule has 2 aromatic rings. The molecule has 0 aromatic carbocycles. The van der Waals surface area contributed by atoms with Crippen LogP contribution in [0.1, 0.15) is 12.0 Å². The maximum atomic E-state index is 4.30. The fourth-order valence-electron chi connectivity index (χ4n) is 1.52. The minimum atomic E-state index is 0.976. The number of fused-ring (bicyclic) bond motifs is 1. The van der Waals surface area contributed by atoms with Crippen LogP contribution in [0, 0.1) is 6.92 Å². The van der Waals surface area contributed by atoms with E-state index in [4.69, 9.17) is 0 Å². The van der Waals surface area contributed by atoms with Gasteiger partial charge in [0, 0.05) is 6.54 Å². The molecule has 0 aliphatic rings. The number of thiophene rings is 1. The molecule has 2 heterocycles. The van der Waals surface area contributed by atoms with Crippen molar-refractivity contribution in [2.24, 2.45) is 0 Å². The molecule has 86 valence electrons. The Kier molecular flexibility index (Phi) is 4.01. The highest BCUT2D eigenvalue weighted by Gasteiger charge is 2.06. The molecule has 0 aliphatic heterocycles. The summed E-state index contributed by atoms with van der Waals surface area (Å²) in [6.07, 6.45) is 4.93. The van der Waals surface area contributed by atoms with E-state index in [1.54, 1.807) is 17.7 Å². The maximum Gasteiger partial charge on any atom is 0.147 e. The minimum absolute atomic E-state index is 0.976. The molecule has 0 saturated heterocycles. The normalized spacial score (nSPS) is 10.9. The first-order chi connectivity index (χ1) is 7.83. The zero-order chi connectivity index (χ0) is 11.4. The lowest BCUT2D eigenvalue weighted by atomic mass is 10.3. The van der Waals surface area contributed by atoms with Gasteiger partial charge in [0.2, 0.25) is 0 Å². The summed E-state index contributed by atoms with van der Waals surface area (Å²) in [7, 11) is 0. The van der Waals surface area contributed by atoms with Gasteiger partial charge in [0.25, 0.3) is 0 Å². The third kappa shape index (κ3) is 2.47. The van der Waals surface area contributed by atoms with Gasteiger partial charge in [0.05, 0.1) is 10.2 Å². The highest BCUT2D eigenvalue weighted by atomic mass is 32.2. The van der Waals surface area contributed by atoms with Gasteiger partial charge in [-0.25, -0.2) is 9.97 Å². The van der Waals surface area contributed by atoms with Crippen LogP contribution in [0.3, 0.4) is 0 Å². The molecule has 5 heteroatoms. The Morgan fingerprint density at radius 1 is 1.44 bits per heavy atom. The third-order valence-corrected chi connectivity index (χ3v) is 4.14. The van der Waals surface area contributed by atoms with E-state index >= 15 is 0 Å². The van der Waals surface area contributed by atoms with E-state index in [2.05, 4.69) is 33.8 Å². The van der Waals surface area contributed by atoms with E-state index in [1.807, 2.05) is 11.8 Å². The summed E-state index contributed by atoms with van der Waals surface area (Å²) in [6, 6.07) is 0. The van der Waals surface area contributed by atoms with Gasteiger partial charge in [-0.15, -0.1) is 11.3 Å². The maximum absolute atomic E-state index is 4.30. The average Bonchev–Trinajstić information content (AvgIpc) is 2.68. The summed E-state index contributed by atoms with van der Waals surface area (Å²) in [4.78, 5) is 8.60. The predicted molar refractivity (Wildman–Crippen MR) is 73.6 cm³/mol. The van der Waals surface area contributed by atoms with Crippen LogP contribution in [-0.4, -0.2) is 28.5 Å². The standard InChI is InChI=1S/C11H15N3S2/c1-8-6-16-10-9(8)13-7-14-11(10)12-4-3-5-15-2/h6-7H,3-5H2,1-2H3,(H,12,13,14). The van der Waals surface area contributed by atoms with Crippen molar-refractivity contribution in [2.75, 3.05) is 23.9 Å². The van der Waals surface area contributed by atoms with E-state index in [-0.39, 0.29) is 0 Å². The Morgan fingerprint density at radius 3 is 3.12 bits per heavy atom. The smallest absolute Gasteiger partial charge is 0.147 e. The Morgan fingerprint density at radius 2 is 2.31 bits per heavy atom. The highest BCUT2D eigenvalue weighted by Crippen LogP contribution is 2.28. The molecule has 0 saturated carbocycles. The molecule has 0 bridgehead atoms. The molecule has 0 amide bonds. The number of aromatic nitrogens is 2. The Bertz CT molecular complexity index is 467. The zero-order valence-electron chi connectivity index (χ0n) is 9.49. The number of hydrogen-bond donors (Lipinski definition) is 1. The zero-order valence-corrected chi connectivity index (χ0v) is 11.1. The molecule has 0 radical (unpaired) electrons. The fraction of sp³-hybridized carbons (Fsp3) is 0.455. The summed E-state index contributed by atoms with van der Waals surface area (Å²) in [5.41, 5.74) is 2.31. The first-order valence-electron chi connectivity index (χ1n) is 5.24. The number of nitrogens with zero attached hydrogens (tertiary/aromatic N) is 2. The number of nitrogens with one attached hydrogen (secondary N) is 1. The van der Waals surface area contributed by atoms with Crippen molar-refractivity contribution in [3.8, 4) is 0 Å². The van der Waals surface area contributed by atoms with Crippen molar-refractivity contribution in [3.63, 3.8) is 0 Å². The van der Waals surface area contributed by atoms with E-state index in [0.29, 0.717) is 0 Å². The Balaban J connectivity index is 2.11. The number of hydrogen-bond acceptors (Lipinski definition) is 5. The van der Waals surface area contributed by atoms with Crippen LogP contribution >= 0.6 is 23.1 Å². The van der Waals surface area contributed by atoms with Crippen LogP contribution in [0.2, 0.25) is 0 Å². The van der Waals surface area contributed by atoms with E-state index in [1.165, 1.54) is 16.0 Å². The fourth-order valence-corrected chi connectivity index (χ4v) is 2.92. The van der Waals surface area contributed by atoms with Gasteiger partial charge in [-0.3, -0.25) is 0 Å². The van der Waals surface area contributed by atoms with Gasteiger partial charge in [-0.2, -0.15) is 11.8 Å². The SMILES string of the molecule is CSCCCNc1ncnc2c(C)csc12. The summed E-state index contributed by atoms with van der Waals surface area (Å²) < 4.78 is 1.17. The van der Waals surface area contributed by atoms with Crippen LogP contribution < -0.4 is 5.32 Å².